The molecule has 1 aliphatic carbocycles. The van der Waals surface area contributed by atoms with Crippen LogP contribution in [0, 0.1) is 0 Å². The van der Waals surface area contributed by atoms with Crippen molar-refractivity contribution in [2.24, 2.45) is 0 Å². The van der Waals surface area contributed by atoms with Gasteiger partial charge in [-0.05, 0) is 131 Å². The van der Waals surface area contributed by atoms with Crippen molar-refractivity contribution in [2.45, 2.75) is 19.3 Å². The lowest BCUT2D eigenvalue weighted by molar-refractivity contribution is 0.660. The Kier molecular flexibility index (Phi) is 9.59. The van der Waals surface area contributed by atoms with Crippen molar-refractivity contribution in [3.8, 4) is 100 Å². The van der Waals surface area contributed by atoms with Gasteiger partial charge in [0.2, 0.25) is 0 Å². The van der Waals surface area contributed by atoms with E-state index in [4.69, 9.17) is 4.98 Å². The summed E-state index contributed by atoms with van der Waals surface area (Å²) >= 11 is 0. The number of benzene rings is 9. The molecule has 0 spiro atoms. The number of hydrogen-bond donors (Lipinski definition) is 0. The molecule has 1 nitrogen and oxygen atoms in total. The summed E-state index contributed by atoms with van der Waals surface area (Å²) in [5, 5.41) is 0. The number of nitrogens with zero attached hydrogens (tertiary/aromatic N) is 1. The molecule has 1 heteroatoms. The first kappa shape index (κ1) is 38.1. The zero-order valence-corrected chi connectivity index (χ0v) is 35.5. The highest BCUT2D eigenvalue weighted by Crippen LogP contribution is 2.52. The lowest BCUT2D eigenvalue weighted by atomic mass is 9.80. The van der Waals surface area contributed by atoms with E-state index in [1.54, 1.807) is 0 Å². The molecule has 0 amide bonds. The van der Waals surface area contributed by atoms with Gasteiger partial charge in [-0.3, -0.25) is 0 Å². The molecule has 1 heterocycles. The van der Waals surface area contributed by atoms with Gasteiger partial charge >= 0.3 is 0 Å². The van der Waals surface area contributed by atoms with E-state index in [0.717, 1.165) is 44.8 Å². The molecule has 0 saturated carbocycles. The molecule has 0 unspecified atom stereocenters. The lowest BCUT2D eigenvalue weighted by Gasteiger charge is -2.23. The van der Waals surface area contributed by atoms with Crippen molar-refractivity contribution in [1.29, 1.82) is 0 Å². The standard InChI is InChI=1S/C62H45N/c1-62(2)58-30-13-12-29-54(58)57-40-55(45-33-31-44(32-34-45)42-17-6-3-7-18-42)56(41-59(57)62)51-27-15-24-48(36-51)49-25-16-28-52(37-49)61-39-53(38-60(63-61)46-21-10-5-11-22-46)50-26-14-23-47(35-50)43-19-8-4-9-20-43/h3-41H,1-2H3. The van der Waals surface area contributed by atoms with Gasteiger partial charge in [0, 0.05) is 16.5 Å². The summed E-state index contributed by atoms with van der Waals surface area (Å²) in [6.07, 6.45) is 0. The van der Waals surface area contributed by atoms with Crippen LogP contribution >= 0.6 is 0 Å². The number of pyridine rings is 1. The fourth-order valence-corrected chi connectivity index (χ4v) is 9.53. The Morgan fingerprint density at radius 1 is 0.238 bits per heavy atom. The molecule has 0 atom stereocenters. The molecule has 0 radical (unpaired) electrons. The summed E-state index contributed by atoms with van der Waals surface area (Å²) in [6, 6.07) is 85.9. The average Bonchev–Trinajstić information content (AvgIpc) is 3.59. The van der Waals surface area contributed by atoms with Crippen LogP contribution in [-0.2, 0) is 5.41 Å². The second-order valence-electron chi connectivity index (χ2n) is 17.2. The minimum atomic E-state index is -0.120. The second kappa shape index (κ2) is 15.9. The summed E-state index contributed by atoms with van der Waals surface area (Å²) < 4.78 is 0. The predicted octanol–water partition coefficient (Wildman–Crippen LogP) is 16.7. The van der Waals surface area contributed by atoms with E-state index in [-0.39, 0.29) is 5.41 Å². The summed E-state index contributed by atoms with van der Waals surface area (Å²) in [5.74, 6) is 0. The Bertz CT molecular complexity index is 3270. The van der Waals surface area contributed by atoms with Gasteiger partial charge in [0.1, 0.15) is 0 Å². The van der Waals surface area contributed by atoms with E-state index in [2.05, 4.69) is 250 Å². The van der Waals surface area contributed by atoms with Crippen LogP contribution in [-0.4, -0.2) is 4.98 Å². The van der Waals surface area contributed by atoms with Crippen molar-refractivity contribution in [2.75, 3.05) is 0 Å². The predicted molar refractivity (Wildman–Crippen MR) is 265 cm³/mol. The van der Waals surface area contributed by atoms with Crippen LogP contribution in [0.15, 0.2) is 237 Å². The Balaban J connectivity index is 1.01. The first-order valence-electron chi connectivity index (χ1n) is 21.9. The molecule has 1 aliphatic rings. The van der Waals surface area contributed by atoms with E-state index in [9.17, 15) is 0 Å². The molecule has 11 rings (SSSR count). The third kappa shape index (κ3) is 7.18. The summed E-state index contributed by atoms with van der Waals surface area (Å²) in [6.45, 7) is 4.73. The van der Waals surface area contributed by atoms with Crippen LogP contribution in [0.5, 0.6) is 0 Å². The molecular formula is C62H45N. The highest BCUT2D eigenvalue weighted by molar-refractivity contribution is 5.94. The van der Waals surface area contributed by atoms with E-state index in [0.29, 0.717) is 0 Å². The number of hydrogen-bond acceptors (Lipinski definition) is 1. The number of fused-ring (bicyclic) bond motifs is 3. The molecule has 0 saturated heterocycles. The number of rotatable bonds is 8. The van der Waals surface area contributed by atoms with Crippen LogP contribution in [0.25, 0.3) is 100 Å². The van der Waals surface area contributed by atoms with Gasteiger partial charge in [0.05, 0.1) is 11.4 Å². The zero-order valence-electron chi connectivity index (χ0n) is 35.5. The van der Waals surface area contributed by atoms with Gasteiger partial charge in [-0.15, -0.1) is 0 Å². The molecule has 0 aliphatic heterocycles. The minimum absolute atomic E-state index is 0.120. The Morgan fingerprint density at radius 3 is 1.30 bits per heavy atom. The van der Waals surface area contributed by atoms with Crippen molar-refractivity contribution in [3.63, 3.8) is 0 Å². The normalized spacial score (nSPS) is 12.4. The molecule has 0 bridgehead atoms. The Hall–Kier alpha value is -7.87. The largest absolute Gasteiger partial charge is 0.248 e. The SMILES string of the molecule is CC1(C)c2ccccc2-c2cc(-c3ccc(-c4ccccc4)cc3)c(-c3cccc(-c4cccc(-c5cc(-c6cccc(-c7ccccc7)c6)cc(-c6ccccc6)n5)c4)c3)cc21. The van der Waals surface area contributed by atoms with Crippen molar-refractivity contribution >= 4 is 0 Å². The Labute approximate surface area is 370 Å². The molecule has 10 aromatic rings. The van der Waals surface area contributed by atoms with Crippen molar-refractivity contribution in [1.82, 2.24) is 4.98 Å². The van der Waals surface area contributed by atoms with Gasteiger partial charge in [0.15, 0.2) is 0 Å². The van der Waals surface area contributed by atoms with E-state index >= 15 is 0 Å². The maximum atomic E-state index is 5.31. The van der Waals surface area contributed by atoms with Crippen molar-refractivity contribution in [3.05, 3.63) is 248 Å². The monoisotopic (exact) mass is 803 g/mol. The Morgan fingerprint density at radius 2 is 0.651 bits per heavy atom. The highest BCUT2D eigenvalue weighted by Gasteiger charge is 2.36. The zero-order chi connectivity index (χ0) is 42.3. The minimum Gasteiger partial charge on any atom is -0.248 e. The van der Waals surface area contributed by atoms with Crippen LogP contribution in [0.2, 0.25) is 0 Å². The fourth-order valence-electron chi connectivity index (χ4n) is 9.53. The van der Waals surface area contributed by atoms with Gasteiger partial charge in [-0.2, -0.15) is 0 Å². The van der Waals surface area contributed by atoms with E-state index < -0.39 is 0 Å². The van der Waals surface area contributed by atoms with Crippen LogP contribution in [0.3, 0.4) is 0 Å². The first-order valence-corrected chi connectivity index (χ1v) is 21.9. The van der Waals surface area contributed by atoms with E-state index in [1.165, 1.54) is 66.8 Å². The third-order valence-corrected chi connectivity index (χ3v) is 12.9. The van der Waals surface area contributed by atoms with Crippen LogP contribution < -0.4 is 0 Å². The molecule has 9 aromatic carbocycles. The summed E-state index contributed by atoms with van der Waals surface area (Å²) in [4.78, 5) is 5.31. The molecule has 0 fully saturated rings. The van der Waals surface area contributed by atoms with Gasteiger partial charge in [0.25, 0.3) is 0 Å². The maximum absolute atomic E-state index is 5.31. The molecular weight excluding hydrogens is 759 g/mol. The van der Waals surface area contributed by atoms with Crippen LogP contribution in [0.1, 0.15) is 25.0 Å². The second-order valence-corrected chi connectivity index (χ2v) is 17.2. The smallest absolute Gasteiger partial charge is 0.0715 e. The summed E-state index contributed by atoms with van der Waals surface area (Å²) in [7, 11) is 0. The fraction of sp³-hybridized carbons (Fsp3) is 0.0484. The van der Waals surface area contributed by atoms with E-state index in [1.807, 2.05) is 0 Å². The summed E-state index contributed by atoms with van der Waals surface area (Å²) in [5.41, 5.74) is 23.6. The first-order chi connectivity index (χ1) is 31.0. The van der Waals surface area contributed by atoms with Crippen molar-refractivity contribution < 1.29 is 0 Å². The maximum Gasteiger partial charge on any atom is 0.0715 e. The quantitative estimate of drug-likeness (QED) is 0.149. The molecule has 298 valence electrons. The third-order valence-electron chi connectivity index (χ3n) is 12.9. The van der Waals surface area contributed by atoms with Crippen LogP contribution in [0.4, 0.5) is 0 Å². The molecule has 63 heavy (non-hydrogen) atoms. The molecule has 1 aromatic heterocycles. The topological polar surface area (TPSA) is 12.9 Å². The average molecular weight is 804 g/mol. The highest BCUT2D eigenvalue weighted by atomic mass is 14.7. The number of aromatic nitrogens is 1. The lowest BCUT2D eigenvalue weighted by Crippen LogP contribution is -2.15. The molecule has 0 N–H and O–H groups in total. The van der Waals surface area contributed by atoms with Gasteiger partial charge in [-0.25, -0.2) is 4.98 Å². The van der Waals surface area contributed by atoms with Gasteiger partial charge < -0.3 is 0 Å². The van der Waals surface area contributed by atoms with Gasteiger partial charge in [-0.1, -0.05) is 208 Å².